The van der Waals surface area contributed by atoms with Crippen molar-refractivity contribution in [1.82, 2.24) is 0 Å². The molecule has 0 aliphatic carbocycles. The van der Waals surface area contributed by atoms with E-state index in [4.69, 9.17) is 10.5 Å². The average molecular weight is 169 g/mol. The predicted molar refractivity (Wildman–Crippen MR) is 46.6 cm³/mol. The molecule has 1 aromatic rings. The van der Waals surface area contributed by atoms with Crippen LogP contribution in [-0.4, -0.2) is 6.61 Å². The van der Waals surface area contributed by atoms with Crippen LogP contribution in [0.5, 0.6) is 5.75 Å². The van der Waals surface area contributed by atoms with Crippen molar-refractivity contribution in [3.63, 3.8) is 0 Å². The van der Waals surface area contributed by atoms with E-state index in [9.17, 15) is 4.39 Å². The zero-order chi connectivity index (χ0) is 8.97. The summed E-state index contributed by atoms with van der Waals surface area (Å²) >= 11 is 0. The van der Waals surface area contributed by atoms with Gasteiger partial charge in [0.05, 0.1) is 12.3 Å². The number of hydrogen-bond acceptors (Lipinski definition) is 2. The molecule has 0 bridgehead atoms. The lowest BCUT2D eigenvalue weighted by molar-refractivity contribution is 0.318. The molecule has 0 unspecified atom stereocenters. The molecule has 0 heterocycles. The number of rotatable bonds is 3. The number of anilines is 1. The number of ether oxygens (including phenoxy) is 1. The van der Waals surface area contributed by atoms with Crippen molar-refractivity contribution in [3.8, 4) is 5.75 Å². The predicted octanol–water partition coefficient (Wildman–Crippen LogP) is 2.20. The van der Waals surface area contributed by atoms with Gasteiger partial charge in [0.1, 0.15) is 11.6 Å². The van der Waals surface area contributed by atoms with Crippen LogP contribution in [0.25, 0.3) is 0 Å². The lowest BCUT2D eigenvalue weighted by Crippen LogP contribution is -1.99. The van der Waals surface area contributed by atoms with Crippen LogP contribution in [0.3, 0.4) is 0 Å². The first-order valence-electron chi connectivity index (χ1n) is 3.92. The Hall–Kier alpha value is -1.25. The van der Waals surface area contributed by atoms with E-state index in [0.717, 1.165) is 6.42 Å². The first-order valence-corrected chi connectivity index (χ1v) is 3.92. The van der Waals surface area contributed by atoms with E-state index in [1.165, 1.54) is 12.1 Å². The third-order valence-corrected chi connectivity index (χ3v) is 1.43. The smallest absolute Gasteiger partial charge is 0.142 e. The summed E-state index contributed by atoms with van der Waals surface area (Å²) < 4.78 is 17.8. The van der Waals surface area contributed by atoms with E-state index in [0.29, 0.717) is 18.0 Å². The van der Waals surface area contributed by atoms with Crippen LogP contribution in [0.1, 0.15) is 13.3 Å². The summed E-state index contributed by atoms with van der Waals surface area (Å²) in [6.45, 7) is 2.61. The Balaban J connectivity index is 2.72. The van der Waals surface area contributed by atoms with Crippen molar-refractivity contribution in [1.29, 1.82) is 0 Å². The third kappa shape index (κ3) is 2.12. The van der Waals surface area contributed by atoms with Crippen molar-refractivity contribution in [3.05, 3.63) is 24.0 Å². The Morgan fingerprint density at radius 1 is 1.50 bits per heavy atom. The van der Waals surface area contributed by atoms with E-state index in [-0.39, 0.29) is 5.82 Å². The minimum atomic E-state index is -0.337. The number of nitrogen functional groups attached to an aromatic ring is 1. The fourth-order valence-electron chi connectivity index (χ4n) is 0.863. The zero-order valence-corrected chi connectivity index (χ0v) is 7.01. The van der Waals surface area contributed by atoms with Gasteiger partial charge in [-0.15, -0.1) is 0 Å². The molecule has 1 rings (SSSR count). The Labute approximate surface area is 71.1 Å². The van der Waals surface area contributed by atoms with Crippen LogP contribution in [0.2, 0.25) is 0 Å². The summed E-state index contributed by atoms with van der Waals surface area (Å²) in [6.07, 6.45) is 0.914. The quantitative estimate of drug-likeness (QED) is 0.704. The van der Waals surface area contributed by atoms with Crippen LogP contribution < -0.4 is 10.5 Å². The molecule has 0 aliphatic rings. The fraction of sp³-hybridized carbons (Fsp3) is 0.333. The van der Waals surface area contributed by atoms with Crippen molar-refractivity contribution in [2.45, 2.75) is 13.3 Å². The molecule has 0 saturated heterocycles. The summed E-state index contributed by atoms with van der Waals surface area (Å²) in [4.78, 5) is 0. The maximum absolute atomic E-state index is 12.5. The van der Waals surface area contributed by atoms with Gasteiger partial charge in [0, 0.05) is 6.07 Å². The molecule has 0 aromatic heterocycles. The fourth-order valence-corrected chi connectivity index (χ4v) is 0.863. The first-order chi connectivity index (χ1) is 5.74. The zero-order valence-electron chi connectivity index (χ0n) is 7.01. The monoisotopic (exact) mass is 169 g/mol. The van der Waals surface area contributed by atoms with Crippen molar-refractivity contribution in [2.75, 3.05) is 12.3 Å². The Morgan fingerprint density at radius 2 is 2.25 bits per heavy atom. The molecular formula is C9H12FNO. The maximum Gasteiger partial charge on any atom is 0.142 e. The number of halogens is 1. The highest BCUT2D eigenvalue weighted by Gasteiger charge is 2.00. The highest BCUT2D eigenvalue weighted by atomic mass is 19.1. The second kappa shape index (κ2) is 3.95. The van der Waals surface area contributed by atoms with Gasteiger partial charge in [0.15, 0.2) is 0 Å². The molecule has 0 spiro atoms. The molecule has 0 atom stereocenters. The molecule has 0 radical (unpaired) electrons. The molecule has 12 heavy (non-hydrogen) atoms. The normalized spacial score (nSPS) is 9.83. The van der Waals surface area contributed by atoms with Gasteiger partial charge in [-0.25, -0.2) is 4.39 Å². The summed E-state index contributed by atoms with van der Waals surface area (Å²) in [5.74, 6) is 0.217. The molecule has 1 aromatic carbocycles. The number of hydrogen-bond donors (Lipinski definition) is 1. The lowest BCUT2D eigenvalue weighted by Gasteiger charge is -2.06. The van der Waals surface area contributed by atoms with Crippen LogP contribution in [0.4, 0.5) is 10.1 Å². The first kappa shape index (κ1) is 8.84. The summed E-state index contributed by atoms with van der Waals surface area (Å²) in [5.41, 5.74) is 5.85. The van der Waals surface area contributed by atoms with Gasteiger partial charge >= 0.3 is 0 Å². The van der Waals surface area contributed by atoms with Gasteiger partial charge in [0.2, 0.25) is 0 Å². The van der Waals surface area contributed by atoms with E-state index in [1.54, 1.807) is 6.07 Å². The molecule has 66 valence electrons. The van der Waals surface area contributed by atoms with Gasteiger partial charge in [-0.05, 0) is 18.6 Å². The Bertz CT molecular complexity index is 263. The topological polar surface area (TPSA) is 35.2 Å². The van der Waals surface area contributed by atoms with E-state index in [1.807, 2.05) is 6.92 Å². The molecule has 0 fully saturated rings. The molecule has 0 amide bonds. The van der Waals surface area contributed by atoms with E-state index >= 15 is 0 Å². The summed E-state index contributed by atoms with van der Waals surface area (Å²) in [5, 5.41) is 0. The van der Waals surface area contributed by atoms with Crippen molar-refractivity contribution in [2.24, 2.45) is 0 Å². The van der Waals surface area contributed by atoms with Gasteiger partial charge in [-0.2, -0.15) is 0 Å². The minimum Gasteiger partial charge on any atom is -0.491 e. The molecule has 3 heteroatoms. The summed E-state index contributed by atoms with van der Waals surface area (Å²) in [7, 11) is 0. The standard InChI is InChI=1S/C9H12FNO/c1-2-5-12-9-4-3-7(10)6-8(9)11/h3-4,6H,2,5,11H2,1H3. The highest BCUT2D eigenvalue weighted by Crippen LogP contribution is 2.21. The van der Waals surface area contributed by atoms with Gasteiger partial charge in [-0.1, -0.05) is 6.92 Å². The van der Waals surface area contributed by atoms with Crippen LogP contribution in [-0.2, 0) is 0 Å². The van der Waals surface area contributed by atoms with Gasteiger partial charge in [-0.3, -0.25) is 0 Å². The highest BCUT2D eigenvalue weighted by molar-refractivity contribution is 5.52. The van der Waals surface area contributed by atoms with E-state index in [2.05, 4.69) is 0 Å². The second-order valence-electron chi connectivity index (χ2n) is 2.53. The number of benzene rings is 1. The third-order valence-electron chi connectivity index (χ3n) is 1.43. The van der Waals surface area contributed by atoms with Crippen molar-refractivity contribution < 1.29 is 9.13 Å². The van der Waals surface area contributed by atoms with E-state index < -0.39 is 0 Å². The second-order valence-corrected chi connectivity index (χ2v) is 2.53. The molecule has 0 aliphatic heterocycles. The SMILES string of the molecule is CCCOc1ccc(F)cc1N. The number of nitrogens with two attached hydrogens (primary N) is 1. The molecular weight excluding hydrogens is 157 g/mol. The van der Waals surface area contributed by atoms with Crippen molar-refractivity contribution >= 4 is 5.69 Å². The molecule has 0 saturated carbocycles. The lowest BCUT2D eigenvalue weighted by atomic mass is 10.3. The average Bonchev–Trinajstić information content (AvgIpc) is 2.03. The van der Waals surface area contributed by atoms with Crippen LogP contribution >= 0.6 is 0 Å². The van der Waals surface area contributed by atoms with Crippen LogP contribution in [0, 0.1) is 5.82 Å². The Kier molecular flexibility index (Phi) is 2.91. The Morgan fingerprint density at radius 3 is 2.83 bits per heavy atom. The largest absolute Gasteiger partial charge is 0.491 e. The maximum atomic E-state index is 12.5. The molecule has 2 nitrogen and oxygen atoms in total. The van der Waals surface area contributed by atoms with Gasteiger partial charge < -0.3 is 10.5 Å². The van der Waals surface area contributed by atoms with Gasteiger partial charge in [0.25, 0.3) is 0 Å². The van der Waals surface area contributed by atoms with Crippen LogP contribution in [0.15, 0.2) is 18.2 Å². The molecule has 2 N–H and O–H groups in total. The minimum absolute atomic E-state index is 0.337. The summed E-state index contributed by atoms with van der Waals surface area (Å²) in [6, 6.07) is 4.13.